The number of carbonyl (C=O) groups is 1. The van der Waals surface area contributed by atoms with Crippen molar-refractivity contribution >= 4 is 33.1 Å². The molecule has 0 radical (unpaired) electrons. The Bertz CT molecular complexity index is 1400. The van der Waals surface area contributed by atoms with Gasteiger partial charge in [0.2, 0.25) is 10.0 Å². The average Bonchev–Trinajstić information content (AvgIpc) is 3.44. The van der Waals surface area contributed by atoms with Gasteiger partial charge in [-0.05, 0) is 57.9 Å². The van der Waals surface area contributed by atoms with Crippen LogP contribution in [0.4, 0.5) is 16.3 Å². The van der Waals surface area contributed by atoms with E-state index < -0.39 is 21.7 Å². The van der Waals surface area contributed by atoms with Crippen molar-refractivity contribution in [3.63, 3.8) is 0 Å². The molecule has 36 heavy (non-hydrogen) atoms. The Hall–Kier alpha value is -3.38. The molecule has 1 fully saturated rings. The van der Waals surface area contributed by atoms with E-state index in [2.05, 4.69) is 15.4 Å². The van der Waals surface area contributed by atoms with Gasteiger partial charge in [-0.3, -0.25) is 5.32 Å². The summed E-state index contributed by atoms with van der Waals surface area (Å²) in [4.78, 5) is 16.4. The summed E-state index contributed by atoms with van der Waals surface area (Å²) in [5.41, 5.74) is 9.13. The van der Waals surface area contributed by atoms with Gasteiger partial charge < -0.3 is 15.2 Å². The van der Waals surface area contributed by atoms with E-state index in [1.165, 1.54) is 17.7 Å². The number of nitrogens with two attached hydrogens (primary N) is 1. The van der Waals surface area contributed by atoms with Crippen LogP contribution in [0.5, 0.6) is 5.75 Å². The molecule has 1 aromatic carbocycles. The number of methoxy groups -OCH3 is 1. The Morgan fingerprint density at radius 1 is 1.28 bits per heavy atom. The number of rotatable bonds is 6. The van der Waals surface area contributed by atoms with Gasteiger partial charge in [0.05, 0.1) is 18.6 Å². The van der Waals surface area contributed by atoms with Gasteiger partial charge in [-0.1, -0.05) is 6.07 Å². The molecule has 11 nitrogen and oxygen atoms in total. The molecule has 3 N–H and O–H groups in total. The largest absolute Gasteiger partial charge is 0.495 e. The van der Waals surface area contributed by atoms with Crippen molar-refractivity contribution in [2.45, 2.75) is 45.6 Å². The first kappa shape index (κ1) is 25.7. The monoisotopic (exact) mass is 516 g/mol. The fourth-order valence-electron chi connectivity index (χ4n) is 4.38. The van der Waals surface area contributed by atoms with Crippen molar-refractivity contribution in [3.05, 3.63) is 36.3 Å². The molecule has 3 aromatic rings. The first-order valence-electron chi connectivity index (χ1n) is 11.7. The van der Waals surface area contributed by atoms with Crippen LogP contribution in [-0.4, -0.2) is 65.0 Å². The second-order valence-electron chi connectivity index (χ2n) is 9.67. The third kappa shape index (κ3) is 5.09. The highest BCUT2D eigenvalue weighted by Crippen LogP contribution is 2.39. The molecular weight excluding hydrogens is 484 g/mol. The smallest absolute Gasteiger partial charge is 0.412 e. The van der Waals surface area contributed by atoms with Crippen molar-refractivity contribution < 1.29 is 22.7 Å². The van der Waals surface area contributed by atoms with Crippen LogP contribution in [0.2, 0.25) is 0 Å². The highest BCUT2D eigenvalue weighted by atomic mass is 32.2. The molecule has 0 bridgehead atoms. The summed E-state index contributed by atoms with van der Waals surface area (Å²) in [6.07, 6.45) is 1.48. The fourth-order valence-corrected chi connectivity index (χ4v) is 5.54. The van der Waals surface area contributed by atoms with E-state index in [0.29, 0.717) is 42.3 Å². The summed E-state index contributed by atoms with van der Waals surface area (Å²) in [6.45, 7) is 7.86. The summed E-state index contributed by atoms with van der Waals surface area (Å²) in [5.74, 6) is 0.767. The van der Waals surface area contributed by atoms with Crippen LogP contribution < -0.4 is 15.8 Å². The minimum Gasteiger partial charge on any atom is -0.495 e. The van der Waals surface area contributed by atoms with E-state index in [1.807, 2.05) is 12.1 Å². The lowest BCUT2D eigenvalue weighted by Gasteiger charge is -2.20. The molecule has 194 valence electrons. The van der Waals surface area contributed by atoms with Crippen LogP contribution >= 0.6 is 0 Å². The van der Waals surface area contributed by atoms with E-state index in [4.69, 9.17) is 15.2 Å². The van der Waals surface area contributed by atoms with Crippen LogP contribution in [-0.2, 0) is 14.8 Å². The maximum atomic E-state index is 12.4. The molecule has 4 rings (SSSR count). The lowest BCUT2D eigenvalue weighted by atomic mass is 10.0. The molecule has 1 saturated heterocycles. The zero-order valence-corrected chi connectivity index (χ0v) is 21.9. The summed E-state index contributed by atoms with van der Waals surface area (Å²) in [5, 5.41) is 7.14. The number of hydrogen-bond donors (Lipinski definition) is 2. The molecule has 12 heteroatoms. The van der Waals surface area contributed by atoms with Gasteiger partial charge in [0.1, 0.15) is 23.2 Å². The molecular formula is C24H32N6O5S. The summed E-state index contributed by atoms with van der Waals surface area (Å²) in [6, 6.07) is 7.33. The minimum atomic E-state index is -3.28. The number of nitrogens with zero attached hydrogens (tertiary/aromatic N) is 4. The summed E-state index contributed by atoms with van der Waals surface area (Å²) in [7, 11) is -1.76. The molecule has 0 spiro atoms. The third-order valence-corrected chi connectivity index (χ3v) is 7.93. The van der Waals surface area contributed by atoms with E-state index in [-0.39, 0.29) is 11.7 Å². The van der Waals surface area contributed by atoms with Gasteiger partial charge in [-0.2, -0.15) is 5.10 Å². The van der Waals surface area contributed by atoms with Gasteiger partial charge in [0, 0.05) is 30.3 Å². The van der Waals surface area contributed by atoms with Crippen LogP contribution in [0.15, 0.2) is 30.6 Å². The molecule has 1 amide bonds. The topological polar surface area (TPSA) is 141 Å². The zero-order valence-electron chi connectivity index (χ0n) is 21.1. The molecule has 0 saturated carbocycles. The molecule has 1 unspecified atom stereocenters. The molecule has 0 aliphatic carbocycles. The first-order valence-corrected chi connectivity index (χ1v) is 13.3. The van der Waals surface area contributed by atoms with Crippen molar-refractivity contribution in [3.8, 4) is 16.9 Å². The van der Waals surface area contributed by atoms with Crippen LogP contribution in [0.25, 0.3) is 16.6 Å². The quantitative estimate of drug-likeness (QED) is 0.507. The van der Waals surface area contributed by atoms with E-state index in [9.17, 15) is 13.2 Å². The maximum Gasteiger partial charge on any atom is 0.412 e. The number of amides is 1. The second kappa shape index (κ2) is 9.58. The Morgan fingerprint density at radius 3 is 2.69 bits per heavy atom. The maximum absolute atomic E-state index is 12.4. The number of anilines is 2. The average molecular weight is 517 g/mol. The summed E-state index contributed by atoms with van der Waals surface area (Å²) >= 11 is 0. The number of hydrogen-bond acceptors (Lipinski definition) is 8. The van der Waals surface area contributed by atoms with Crippen molar-refractivity contribution in [1.82, 2.24) is 18.9 Å². The first-order chi connectivity index (χ1) is 16.9. The second-order valence-corrected chi connectivity index (χ2v) is 11.9. The molecule has 1 aliphatic rings. The van der Waals surface area contributed by atoms with Crippen molar-refractivity contribution in [2.75, 3.05) is 37.0 Å². The number of aromatic nitrogens is 3. The normalized spacial score (nSPS) is 16.9. The number of ether oxygens (including phenoxy) is 2. The van der Waals surface area contributed by atoms with E-state index in [0.717, 1.165) is 16.8 Å². The Balaban J connectivity index is 1.72. The number of nitrogen functional groups attached to an aromatic ring is 1. The fraction of sp³-hybridized carbons (Fsp3) is 0.458. The highest BCUT2D eigenvalue weighted by Gasteiger charge is 2.33. The van der Waals surface area contributed by atoms with Crippen molar-refractivity contribution in [2.24, 2.45) is 0 Å². The number of fused-ring (bicyclic) bond motifs is 1. The minimum absolute atomic E-state index is 0.0446. The Kier molecular flexibility index (Phi) is 6.84. The van der Waals surface area contributed by atoms with Gasteiger partial charge in [-0.15, -0.1) is 0 Å². The molecule has 3 heterocycles. The number of nitrogens with one attached hydrogen (secondary N) is 1. The zero-order chi connectivity index (χ0) is 26.3. The summed E-state index contributed by atoms with van der Waals surface area (Å²) < 4.78 is 38.9. The Labute approximate surface area is 210 Å². The lowest BCUT2D eigenvalue weighted by molar-refractivity contribution is 0.0635. The predicted molar refractivity (Wildman–Crippen MR) is 138 cm³/mol. The molecule has 2 aromatic heterocycles. The predicted octanol–water partition coefficient (Wildman–Crippen LogP) is 3.47. The molecule has 1 atom stereocenters. The van der Waals surface area contributed by atoms with Gasteiger partial charge in [0.25, 0.3) is 0 Å². The SMILES string of the molecule is CCS(=O)(=O)N1CCC(c2cc(-c3ccc(NC(=O)OC(C)(C)C)c(OC)c3)c3c(N)ncnn23)C1. The van der Waals surface area contributed by atoms with Crippen molar-refractivity contribution in [1.29, 1.82) is 0 Å². The van der Waals surface area contributed by atoms with E-state index >= 15 is 0 Å². The molecule has 1 aliphatic heterocycles. The van der Waals surface area contributed by atoms with Gasteiger partial charge in [-0.25, -0.2) is 27.0 Å². The highest BCUT2D eigenvalue weighted by molar-refractivity contribution is 7.89. The standard InChI is InChI=1S/C24H32N6O5S/c1-6-36(32,33)29-10-9-16(13-29)19-12-17(21-22(25)26-14-27-30(19)21)15-7-8-18(20(11-15)34-5)28-23(31)35-24(2,3)4/h7-8,11-12,14,16H,6,9-10,13H2,1-5H3,(H,28,31)(H2,25,26,27). The number of benzene rings is 1. The van der Waals surface area contributed by atoms with Crippen LogP contribution in [0, 0.1) is 0 Å². The van der Waals surface area contributed by atoms with Crippen LogP contribution in [0.3, 0.4) is 0 Å². The third-order valence-electron chi connectivity index (χ3n) is 6.09. The Morgan fingerprint density at radius 2 is 2.03 bits per heavy atom. The van der Waals surface area contributed by atoms with Gasteiger partial charge >= 0.3 is 6.09 Å². The number of carbonyl (C=O) groups excluding carboxylic acids is 1. The van der Waals surface area contributed by atoms with Gasteiger partial charge in [0.15, 0.2) is 5.82 Å². The number of sulfonamides is 1. The van der Waals surface area contributed by atoms with Crippen LogP contribution in [0.1, 0.15) is 45.7 Å². The lowest BCUT2D eigenvalue weighted by Crippen LogP contribution is -2.30. The van der Waals surface area contributed by atoms with E-state index in [1.54, 1.807) is 44.3 Å².